The van der Waals surface area contributed by atoms with Crippen molar-refractivity contribution < 1.29 is 0 Å². The van der Waals surface area contributed by atoms with Crippen molar-refractivity contribution in [2.75, 3.05) is 0 Å². The molecule has 6 heteroatoms. The van der Waals surface area contributed by atoms with Crippen LogP contribution >= 0.6 is 0 Å². The van der Waals surface area contributed by atoms with Crippen molar-refractivity contribution in [3.8, 4) is 0 Å². The summed E-state index contributed by atoms with van der Waals surface area (Å²) >= 11 is 0. The number of pyridine rings is 2. The van der Waals surface area contributed by atoms with E-state index in [1.54, 1.807) is 0 Å². The van der Waals surface area contributed by atoms with Crippen LogP contribution in [0.2, 0.25) is 0 Å². The van der Waals surface area contributed by atoms with Crippen LogP contribution in [0, 0.1) is 13.8 Å². The van der Waals surface area contributed by atoms with Crippen LogP contribution in [0.1, 0.15) is 52.2 Å². The van der Waals surface area contributed by atoms with Crippen LogP contribution in [0.5, 0.6) is 0 Å². The second-order valence-corrected chi connectivity index (χ2v) is 8.21. The molecule has 6 nitrogen and oxygen atoms in total. The summed E-state index contributed by atoms with van der Waals surface area (Å²) in [7, 11) is 0. The molecular formula is C21H20N4O2. The number of aromatic nitrogens is 4. The highest BCUT2D eigenvalue weighted by Crippen LogP contribution is 2.49. The van der Waals surface area contributed by atoms with Gasteiger partial charge in [-0.05, 0) is 56.4 Å². The molecule has 0 fully saturated rings. The maximum absolute atomic E-state index is 12.6. The van der Waals surface area contributed by atoms with Crippen LogP contribution in [-0.2, 0) is 12.8 Å². The monoisotopic (exact) mass is 360 g/mol. The lowest BCUT2D eigenvalue weighted by atomic mass is 9.70. The first-order chi connectivity index (χ1) is 13.0. The molecule has 2 atom stereocenters. The van der Waals surface area contributed by atoms with Gasteiger partial charge in [0.15, 0.2) is 0 Å². The average Bonchev–Trinajstić information content (AvgIpc) is 3.13. The van der Waals surface area contributed by atoms with Gasteiger partial charge < -0.3 is 19.9 Å². The summed E-state index contributed by atoms with van der Waals surface area (Å²) in [6.07, 6.45) is 2.71. The molecule has 0 aliphatic heterocycles. The van der Waals surface area contributed by atoms with E-state index < -0.39 is 0 Å². The topological polar surface area (TPSA) is 97.3 Å². The number of aromatic amines is 4. The molecule has 4 aromatic rings. The summed E-state index contributed by atoms with van der Waals surface area (Å²) in [5.74, 6) is 0.635. The molecule has 2 bridgehead atoms. The Bertz CT molecular complexity index is 1280. The third-order valence-corrected chi connectivity index (χ3v) is 6.41. The first-order valence-electron chi connectivity index (χ1n) is 9.48. The van der Waals surface area contributed by atoms with E-state index in [9.17, 15) is 9.59 Å². The second kappa shape index (κ2) is 4.82. The van der Waals surface area contributed by atoms with E-state index in [-0.39, 0.29) is 11.1 Å². The van der Waals surface area contributed by atoms with Gasteiger partial charge in [-0.2, -0.15) is 0 Å². The molecule has 6 rings (SSSR count). The number of hydrogen-bond acceptors (Lipinski definition) is 2. The fourth-order valence-electron chi connectivity index (χ4n) is 5.45. The molecule has 2 aliphatic carbocycles. The maximum Gasteiger partial charge on any atom is 0.257 e. The Balaban J connectivity index is 1.60. The van der Waals surface area contributed by atoms with Crippen molar-refractivity contribution in [2.24, 2.45) is 0 Å². The van der Waals surface area contributed by atoms with E-state index in [4.69, 9.17) is 0 Å². The van der Waals surface area contributed by atoms with E-state index in [1.807, 2.05) is 26.0 Å². The SMILES string of the molecule is Cc1cc2[nH]c3c(c2c(=O)[nH]1)C[C@H]1C[C@@H]3Cc2c1[nH]c1cc(C)[nH]c(=O)c21. The summed E-state index contributed by atoms with van der Waals surface area (Å²) in [6.45, 7) is 3.81. The first-order valence-corrected chi connectivity index (χ1v) is 9.48. The zero-order valence-corrected chi connectivity index (χ0v) is 15.2. The zero-order chi connectivity index (χ0) is 18.4. The minimum atomic E-state index is -0.00795. The van der Waals surface area contributed by atoms with Crippen LogP contribution in [0.25, 0.3) is 21.8 Å². The van der Waals surface area contributed by atoms with E-state index in [2.05, 4.69) is 19.9 Å². The molecule has 4 N–H and O–H groups in total. The Morgan fingerprint density at radius 1 is 0.741 bits per heavy atom. The minimum Gasteiger partial charge on any atom is -0.358 e. The molecule has 0 radical (unpaired) electrons. The van der Waals surface area contributed by atoms with Crippen molar-refractivity contribution in [1.82, 2.24) is 19.9 Å². The summed E-state index contributed by atoms with van der Waals surface area (Å²) in [4.78, 5) is 38.1. The minimum absolute atomic E-state index is 0.00795. The Kier molecular flexibility index (Phi) is 2.69. The van der Waals surface area contributed by atoms with Crippen molar-refractivity contribution >= 4 is 21.8 Å². The Morgan fingerprint density at radius 3 is 1.63 bits per heavy atom. The lowest BCUT2D eigenvalue weighted by molar-refractivity contribution is 0.448. The smallest absolute Gasteiger partial charge is 0.257 e. The Hall–Kier alpha value is -3.02. The number of rotatable bonds is 0. The van der Waals surface area contributed by atoms with Gasteiger partial charge in [0.2, 0.25) is 0 Å². The van der Waals surface area contributed by atoms with Gasteiger partial charge in [0.25, 0.3) is 11.1 Å². The zero-order valence-electron chi connectivity index (χ0n) is 15.2. The number of hydrogen-bond donors (Lipinski definition) is 4. The van der Waals surface area contributed by atoms with Gasteiger partial charge >= 0.3 is 0 Å². The van der Waals surface area contributed by atoms with Crippen molar-refractivity contribution in [1.29, 1.82) is 0 Å². The number of nitrogens with one attached hydrogen (secondary N) is 4. The first kappa shape index (κ1) is 15.1. The van der Waals surface area contributed by atoms with Gasteiger partial charge in [-0.15, -0.1) is 0 Å². The lowest BCUT2D eigenvalue weighted by Crippen LogP contribution is -2.25. The summed E-state index contributed by atoms with van der Waals surface area (Å²) in [6, 6.07) is 4.03. The van der Waals surface area contributed by atoms with Crippen molar-refractivity contribution in [3.63, 3.8) is 0 Å². The van der Waals surface area contributed by atoms with Crippen LogP contribution in [-0.4, -0.2) is 19.9 Å². The molecule has 2 aliphatic rings. The Labute approximate surface area is 154 Å². The van der Waals surface area contributed by atoms with Gasteiger partial charge in [-0.25, -0.2) is 0 Å². The number of H-pyrrole nitrogens is 4. The van der Waals surface area contributed by atoms with Crippen LogP contribution < -0.4 is 11.1 Å². The van der Waals surface area contributed by atoms with E-state index in [1.165, 1.54) is 11.4 Å². The van der Waals surface area contributed by atoms with Crippen molar-refractivity contribution in [2.45, 2.75) is 44.9 Å². The molecule has 0 unspecified atom stereocenters. The standard InChI is InChI=1S/C21H20N4O2/c1-8-3-14-16(20(26)22-8)12-6-11-5-10(18(12)24-14)7-13-17-15(25-19(11)13)4-9(2)23-21(17)27/h3-4,10-11,24-25H,5-7H2,1-2H3,(H,22,26)(H,23,27)/t10-,11-/m1/s1. The molecule has 0 aromatic carbocycles. The molecule has 4 heterocycles. The van der Waals surface area contributed by atoms with Crippen LogP contribution in [0.4, 0.5) is 0 Å². The second-order valence-electron chi connectivity index (χ2n) is 8.21. The molecule has 136 valence electrons. The quantitative estimate of drug-likeness (QED) is 0.388. The Morgan fingerprint density at radius 2 is 1.19 bits per heavy atom. The molecule has 0 spiro atoms. The van der Waals surface area contributed by atoms with Gasteiger partial charge in [0, 0.05) is 34.6 Å². The largest absolute Gasteiger partial charge is 0.358 e. The van der Waals surface area contributed by atoms with E-state index >= 15 is 0 Å². The van der Waals surface area contributed by atoms with Gasteiger partial charge in [0.05, 0.1) is 21.8 Å². The summed E-state index contributed by atoms with van der Waals surface area (Å²) in [5, 5.41) is 1.61. The van der Waals surface area contributed by atoms with E-state index in [0.29, 0.717) is 11.8 Å². The predicted molar refractivity (Wildman–Crippen MR) is 105 cm³/mol. The summed E-state index contributed by atoms with van der Waals surface area (Å²) in [5.41, 5.74) is 8.24. The van der Waals surface area contributed by atoms with Crippen LogP contribution in [0.15, 0.2) is 21.7 Å². The highest BCUT2D eigenvalue weighted by molar-refractivity contribution is 5.87. The average molecular weight is 360 g/mol. The normalized spacial score (nSPS) is 20.8. The van der Waals surface area contributed by atoms with Gasteiger partial charge in [-0.1, -0.05) is 0 Å². The van der Waals surface area contributed by atoms with Gasteiger partial charge in [-0.3, -0.25) is 9.59 Å². The number of aryl methyl sites for hydroxylation is 2. The van der Waals surface area contributed by atoms with E-state index in [0.717, 1.165) is 63.6 Å². The third kappa shape index (κ3) is 1.90. The fourth-order valence-corrected chi connectivity index (χ4v) is 5.45. The molecule has 4 aromatic heterocycles. The van der Waals surface area contributed by atoms with Crippen LogP contribution in [0.3, 0.4) is 0 Å². The third-order valence-electron chi connectivity index (χ3n) is 6.41. The number of fused-ring (bicyclic) bond motifs is 10. The maximum atomic E-state index is 12.6. The molecule has 0 amide bonds. The molecule has 0 saturated heterocycles. The highest BCUT2D eigenvalue weighted by atomic mass is 16.1. The van der Waals surface area contributed by atoms with Crippen molar-refractivity contribution in [3.05, 3.63) is 66.7 Å². The fraction of sp³-hybridized carbons (Fsp3) is 0.333. The highest BCUT2D eigenvalue weighted by Gasteiger charge is 2.38. The molecular weight excluding hydrogens is 340 g/mol. The molecule has 27 heavy (non-hydrogen) atoms. The molecule has 0 saturated carbocycles. The predicted octanol–water partition coefficient (Wildman–Crippen LogP) is 3.01. The summed E-state index contributed by atoms with van der Waals surface area (Å²) < 4.78 is 0. The van der Waals surface area contributed by atoms with Gasteiger partial charge in [0.1, 0.15) is 0 Å². The lowest BCUT2D eigenvalue weighted by Gasteiger charge is -2.34.